The summed E-state index contributed by atoms with van der Waals surface area (Å²) in [6.45, 7) is 1.15. The number of hydrogen-bond acceptors (Lipinski definition) is 3. The average Bonchev–Trinajstić information content (AvgIpc) is 2.63. The Morgan fingerprint density at radius 3 is 2.37 bits per heavy atom. The lowest BCUT2D eigenvalue weighted by Gasteiger charge is -2.18. The fourth-order valence-electron chi connectivity index (χ4n) is 2.41. The molecule has 0 fully saturated rings. The maximum Gasteiger partial charge on any atom is 0.243 e. The van der Waals surface area contributed by atoms with E-state index in [9.17, 15) is 14.4 Å². The number of nitrogens with one attached hydrogen (secondary N) is 3. The van der Waals surface area contributed by atoms with E-state index in [1.54, 1.807) is 12.1 Å². The second kappa shape index (κ2) is 9.94. The molecule has 3 amide bonds. The van der Waals surface area contributed by atoms with Crippen molar-refractivity contribution in [2.45, 2.75) is 19.4 Å². The summed E-state index contributed by atoms with van der Waals surface area (Å²) in [5.74, 6) is -1.06. The molecule has 3 N–H and O–H groups in total. The van der Waals surface area contributed by atoms with Crippen molar-refractivity contribution in [3.8, 4) is 0 Å². The molecule has 0 aliphatic carbocycles. The van der Waals surface area contributed by atoms with Crippen molar-refractivity contribution >= 4 is 46.6 Å². The highest BCUT2D eigenvalue weighted by Crippen LogP contribution is 2.25. The first kappa shape index (κ1) is 20.7. The van der Waals surface area contributed by atoms with Gasteiger partial charge in [-0.05, 0) is 23.8 Å². The third-order valence-corrected chi connectivity index (χ3v) is 4.18. The maximum atomic E-state index is 12.2. The standard InChI is InChI=1S/C19H19Cl2N3O3/c1-12(25)23-16(13-5-3-2-4-6-13)10-18(26)22-11-19(27)24-17-9-14(20)7-8-15(17)21/h2-9,16H,10-11H2,1H3,(H,22,26)(H,23,25)(H,24,27). The Morgan fingerprint density at radius 1 is 1.00 bits per heavy atom. The minimum absolute atomic E-state index is 0.00872. The molecule has 0 heterocycles. The van der Waals surface area contributed by atoms with Crippen LogP contribution in [-0.2, 0) is 14.4 Å². The molecule has 2 aromatic rings. The first-order valence-corrected chi connectivity index (χ1v) is 8.94. The summed E-state index contributed by atoms with van der Waals surface area (Å²) >= 11 is 11.9. The summed E-state index contributed by atoms with van der Waals surface area (Å²) in [5.41, 5.74) is 1.17. The van der Waals surface area contributed by atoms with Crippen molar-refractivity contribution in [3.05, 3.63) is 64.1 Å². The Hall–Kier alpha value is -2.57. The van der Waals surface area contributed by atoms with Crippen LogP contribution in [0.15, 0.2) is 48.5 Å². The summed E-state index contributed by atoms with van der Waals surface area (Å²) in [5, 5.41) is 8.62. The van der Waals surface area contributed by atoms with Gasteiger partial charge in [-0.25, -0.2) is 0 Å². The van der Waals surface area contributed by atoms with Gasteiger partial charge in [0.1, 0.15) is 0 Å². The zero-order valence-corrected chi connectivity index (χ0v) is 16.1. The molecule has 0 aliphatic rings. The largest absolute Gasteiger partial charge is 0.349 e. The number of carbonyl (C=O) groups excluding carboxylic acids is 3. The van der Waals surface area contributed by atoms with E-state index in [1.807, 2.05) is 30.3 Å². The molecule has 0 aliphatic heterocycles. The molecule has 0 radical (unpaired) electrons. The molecule has 2 rings (SSSR count). The Bertz CT molecular complexity index is 828. The van der Waals surface area contributed by atoms with Gasteiger partial charge < -0.3 is 16.0 Å². The molecule has 0 saturated carbocycles. The van der Waals surface area contributed by atoms with Crippen LogP contribution in [0.5, 0.6) is 0 Å². The summed E-state index contributed by atoms with van der Waals surface area (Å²) in [7, 11) is 0. The van der Waals surface area contributed by atoms with Gasteiger partial charge in [-0.1, -0.05) is 53.5 Å². The predicted molar refractivity (Wildman–Crippen MR) is 106 cm³/mol. The van der Waals surface area contributed by atoms with E-state index in [-0.39, 0.29) is 24.8 Å². The van der Waals surface area contributed by atoms with Crippen LogP contribution in [0.3, 0.4) is 0 Å². The van der Waals surface area contributed by atoms with Crippen molar-refractivity contribution in [1.82, 2.24) is 10.6 Å². The van der Waals surface area contributed by atoms with Crippen LogP contribution in [0.2, 0.25) is 10.0 Å². The van der Waals surface area contributed by atoms with Crippen LogP contribution in [0.1, 0.15) is 24.9 Å². The molecule has 1 atom stereocenters. The van der Waals surface area contributed by atoms with Gasteiger partial charge >= 0.3 is 0 Å². The SMILES string of the molecule is CC(=O)NC(CC(=O)NCC(=O)Nc1cc(Cl)ccc1Cl)c1ccccc1. The number of anilines is 1. The van der Waals surface area contributed by atoms with Gasteiger partial charge in [-0.3, -0.25) is 14.4 Å². The van der Waals surface area contributed by atoms with Gasteiger partial charge in [-0.2, -0.15) is 0 Å². The molecule has 0 spiro atoms. The van der Waals surface area contributed by atoms with Gasteiger partial charge in [-0.15, -0.1) is 0 Å². The quantitative estimate of drug-likeness (QED) is 0.657. The second-order valence-electron chi connectivity index (χ2n) is 5.82. The highest BCUT2D eigenvalue weighted by atomic mass is 35.5. The van der Waals surface area contributed by atoms with Crippen LogP contribution in [0, 0.1) is 0 Å². The summed E-state index contributed by atoms with van der Waals surface area (Å²) in [6.07, 6.45) is 0.00872. The molecule has 0 aromatic heterocycles. The molecule has 6 nitrogen and oxygen atoms in total. The van der Waals surface area contributed by atoms with Gasteiger partial charge in [0.05, 0.1) is 29.7 Å². The van der Waals surface area contributed by atoms with Crippen molar-refractivity contribution in [2.24, 2.45) is 0 Å². The zero-order chi connectivity index (χ0) is 19.8. The number of halogens is 2. The van der Waals surface area contributed by atoms with E-state index < -0.39 is 11.9 Å². The topological polar surface area (TPSA) is 87.3 Å². The van der Waals surface area contributed by atoms with Crippen LogP contribution >= 0.6 is 23.2 Å². The third kappa shape index (κ3) is 6.92. The van der Waals surface area contributed by atoms with Crippen molar-refractivity contribution in [1.29, 1.82) is 0 Å². The van der Waals surface area contributed by atoms with Crippen LogP contribution in [0.4, 0.5) is 5.69 Å². The number of carbonyl (C=O) groups is 3. The van der Waals surface area contributed by atoms with E-state index in [1.165, 1.54) is 13.0 Å². The average molecular weight is 408 g/mol. The zero-order valence-electron chi connectivity index (χ0n) is 14.6. The van der Waals surface area contributed by atoms with Crippen molar-refractivity contribution in [3.63, 3.8) is 0 Å². The Balaban J connectivity index is 1.90. The Labute approximate surface area is 167 Å². The number of amides is 3. The van der Waals surface area contributed by atoms with Crippen molar-refractivity contribution in [2.75, 3.05) is 11.9 Å². The molecular formula is C19H19Cl2N3O3. The molecule has 8 heteroatoms. The lowest BCUT2D eigenvalue weighted by atomic mass is 10.0. The Morgan fingerprint density at radius 2 is 1.70 bits per heavy atom. The Kier molecular flexibility index (Phi) is 7.64. The second-order valence-corrected chi connectivity index (χ2v) is 6.66. The first-order valence-electron chi connectivity index (χ1n) is 8.19. The number of rotatable bonds is 7. The smallest absolute Gasteiger partial charge is 0.243 e. The molecule has 1 unspecified atom stereocenters. The van der Waals surface area contributed by atoms with Crippen LogP contribution < -0.4 is 16.0 Å². The number of hydrogen-bond donors (Lipinski definition) is 3. The highest BCUT2D eigenvalue weighted by molar-refractivity contribution is 6.35. The van der Waals surface area contributed by atoms with Crippen LogP contribution in [-0.4, -0.2) is 24.3 Å². The van der Waals surface area contributed by atoms with Crippen LogP contribution in [0.25, 0.3) is 0 Å². The minimum atomic E-state index is -0.478. The summed E-state index contributed by atoms with van der Waals surface area (Å²) < 4.78 is 0. The van der Waals surface area contributed by atoms with Gasteiger partial charge in [0, 0.05) is 11.9 Å². The lowest BCUT2D eigenvalue weighted by Crippen LogP contribution is -2.36. The molecule has 27 heavy (non-hydrogen) atoms. The number of benzene rings is 2. The maximum absolute atomic E-state index is 12.2. The van der Waals surface area contributed by atoms with E-state index in [0.717, 1.165) is 5.56 Å². The first-order chi connectivity index (χ1) is 12.8. The van der Waals surface area contributed by atoms with Gasteiger partial charge in [0.15, 0.2) is 0 Å². The lowest BCUT2D eigenvalue weighted by molar-refractivity contribution is -0.125. The monoisotopic (exact) mass is 407 g/mol. The normalized spacial score (nSPS) is 11.4. The summed E-state index contributed by atoms with van der Waals surface area (Å²) in [4.78, 5) is 35.6. The van der Waals surface area contributed by atoms with Gasteiger partial charge in [0.2, 0.25) is 17.7 Å². The molecule has 142 valence electrons. The van der Waals surface area contributed by atoms with E-state index in [0.29, 0.717) is 15.7 Å². The fraction of sp³-hybridized carbons (Fsp3) is 0.211. The van der Waals surface area contributed by atoms with E-state index in [2.05, 4.69) is 16.0 Å². The molecule has 0 bridgehead atoms. The van der Waals surface area contributed by atoms with E-state index >= 15 is 0 Å². The predicted octanol–water partition coefficient (Wildman–Crippen LogP) is 3.32. The van der Waals surface area contributed by atoms with Gasteiger partial charge in [0.25, 0.3) is 0 Å². The molecule has 2 aromatic carbocycles. The highest BCUT2D eigenvalue weighted by Gasteiger charge is 2.17. The summed E-state index contributed by atoms with van der Waals surface area (Å²) in [6, 6.07) is 13.3. The van der Waals surface area contributed by atoms with E-state index in [4.69, 9.17) is 23.2 Å². The fourth-order valence-corrected chi connectivity index (χ4v) is 2.74. The molecule has 0 saturated heterocycles. The third-order valence-electron chi connectivity index (χ3n) is 3.62. The van der Waals surface area contributed by atoms with Crippen molar-refractivity contribution < 1.29 is 14.4 Å². The minimum Gasteiger partial charge on any atom is -0.349 e. The molecular weight excluding hydrogens is 389 g/mol.